The highest BCUT2D eigenvalue weighted by Gasteiger charge is 2.32. The molecule has 0 fully saturated rings. The van der Waals surface area contributed by atoms with Crippen LogP contribution in [-0.2, 0) is 4.79 Å². The Labute approximate surface area is 80.7 Å². The van der Waals surface area contributed by atoms with E-state index in [0.29, 0.717) is 0 Å². The second kappa shape index (κ2) is 4.09. The maximum atomic E-state index is 11.5. The zero-order chi connectivity index (χ0) is 10.8. The molecule has 0 heterocycles. The standard InChI is InChI=1S/C10H21NO2/c1-7(9(13)11(5)6)8(12)10(2,3)4/h7-8,12H,1-6H3/t7-,8-/m0/s1. The largest absolute Gasteiger partial charge is 0.392 e. The van der Waals surface area contributed by atoms with Crippen LogP contribution in [0.5, 0.6) is 0 Å². The molecule has 0 aliphatic carbocycles. The minimum Gasteiger partial charge on any atom is -0.392 e. The monoisotopic (exact) mass is 187 g/mol. The lowest BCUT2D eigenvalue weighted by molar-refractivity contribution is -0.138. The Kier molecular flexibility index (Phi) is 3.91. The number of hydrogen-bond acceptors (Lipinski definition) is 2. The van der Waals surface area contributed by atoms with Crippen molar-refractivity contribution in [3.63, 3.8) is 0 Å². The molecule has 1 amide bonds. The fraction of sp³-hybridized carbons (Fsp3) is 0.900. The lowest BCUT2D eigenvalue weighted by Crippen LogP contribution is -2.41. The summed E-state index contributed by atoms with van der Waals surface area (Å²) in [6.07, 6.45) is -0.595. The summed E-state index contributed by atoms with van der Waals surface area (Å²) in [4.78, 5) is 13.0. The second-order valence-corrected chi connectivity index (χ2v) is 4.83. The molecular weight excluding hydrogens is 166 g/mol. The molecule has 0 aliphatic heterocycles. The number of aliphatic hydroxyl groups excluding tert-OH is 1. The van der Waals surface area contributed by atoms with Gasteiger partial charge in [-0.1, -0.05) is 27.7 Å². The van der Waals surface area contributed by atoms with E-state index in [9.17, 15) is 9.90 Å². The molecule has 78 valence electrons. The van der Waals surface area contributed by atoms with Crippen molar-refractivity contribution in [1.29, 1.82) is 0 Å². The molecule has 0 bridgehead atoms. The molecular formula is C10H21NO2. The summed E-state index contributed by atoms with van der Waals surface area (Å²) in [5.74, 6) is -0.363. The van der Waals surface area contributed by atoms with Gasteiger partial charge in [-0.05, 0) is 5.41 Å². The van der Waals surface area contributed by atoms with E-state index in [1.807, 2.05) is 20.8 Å². The predicted octanol–water partition coefficient (Wildman–Crippen LogP) is 1.12. The Morgan fingerprint density at radius 3 is 1.92 bits per heavy atom. The van der Waals surface area contributed by atoms with Crippen LogP contribution in [0.4, 0.5) is 0 Å². The van der Waals surface area contributed by atoms with Gasteiger partial charge < -0.3 is 10.0 Å². The van der Waals surface area contributed by atoms with E-state index in [1.54, 1.807) is 21.0 Å². The lowest BCUT2D eigenvalue weighted by Gasteiger charge is -2.31. The molecule has 0 saturated heterocycles. The fourth-order valence-electron chi connectivity index (χ4n) is 1.29. The van der Waals surface area contributed by atoms with E-state index in [4.69, 9.17) is 0 Å². The van der Waals surface area contributed by atoms with E-state index in [2.05, 4.69) is 0 Å². The zero-order valence-corrected chi connectivity index (χ0v) is 9.46. The molecule has 3 nitrogen and oxygen atoms in total. The second-order valence-electron chi connectivity index (χ2n) is 4.83. The van der Waals surface area contributed by atoms with Crippen molar-refractivity contribution in [1.82, 2.24) is 4.90 Å². The van der Waals surface area contributed by atoms with Crippen LogP contribution in [0.2, 0.25) is 0 Å². The van der Waals surface area contributed by atoms with E-state index < -0.39 is 6.10 Å². The van der Waals surface area contributed by atoms with Crippen LogP contribution in [0.25, 0.3) is 0 Å². The van der Waals surface area contributed by atoms with Crippen LogP contribution >= 0.6 is 0 Å². The van der Waals surface area contributed by atoms with E-state index >= 15 is 0 Å². The van der Waals surface area contributed by atoms with Crippen molar-refractivity contribution >= 4 is 5.91 Å². The third-order valence-electron chi connectivity index (χ3n) is 2.19. The summed E-state index contributed by atoms with van der Waals surface area (Å²) in [5.41, 5.74) is -0.245. The number of amides is 1. The van der Waals surface area contributed by atoms with Crippen LogP contribution in [0.3, 0.4) is 0 Å². The van der Waals surface area contributed by atoms with Gasteiger partial charge in [-0.15, -0.1) is 0 Å². The molecule has 0 aromatic rings. The van der Waals surface area contributed by atoms with E-state index in [0.717, 1.165) is 0 Å². The minimum absolute atomic E-state index is 0.0255. The normalized spacial score (nSPS) is 16.5. The summed E-state index contributed by atoms with van der Waals surface area (Å²) in [6.45, 7) is 7.55. The summed E-state index contributed by atoms with van der Waals surface area (Å²) in [6, 6.07) is 0. The first kappa shape index (κ1) is 12.4. The van der Waals surface area contributed by atoms with Gasteiger partial charge in [0.1, 0.15) is 0 Å². The van der Waals surface area contributed by atoms with Gasteiger partial charge in [0.05, 0.1) is 12.0 Å². The Morgan fingerprint density at radius 2 is 1.69 bits per heavy atom. The van der Waals surface area contributed by atoms with Gasteiger partial charge in [-0.3, -0.25) is 4.79 Å². The summed E-state index contributed by atoms with van der Waals surface area (Å²) in [7, 11) is 3.41. The first-order valence-corrected chi connectivity index (χ1v) is 4.57. The Bertz CT molecular complexity index is 182. The summed E-state index contributed by atoms with van der Waals surface area (Å²) in [5, 5.41) is 9.83. The number of hydrogen-bond donors (Lipinski definition) is 1. The third kappa shape index (κ3) is 3.35. The molecule has 0 spiro atoms. The van der Waals surface area contributed by atoms with Crippen LogP contribution in [-0.4, -0.2) is 36.1 Å². The number of carbonyl (C=O) groups is 1. The first-order chi connectivity index (χ1) is 5.68. The molecule has 2 atom stereocenters. The molecule has 0 unspecified atom stereocenters. The highest BCUT2D eigenvalue weighted by atomic mass is 16.3. The van der Waals surface area contributed by atoms with E-state index in [-0.39, 0.29) is 17.2 Å². The predicted molar refractivity (Wildman–Crippen MR) is 53.3 cm³/mol. The van der Waals surface area contributed by atoms with Crippen LogP contribution < -0.4 is 0 Å². The van der Waals surface area contributed by atoms with Crippen molar-refractivity contribution in [2.24, 2.45) is 11.3 Å². The van der Waals surface area contributed by atoms with Gasteiger partial charge in [0.25, 0.3) is 0 Å². The van der Waals surface area contributed by atoms with Gasteiger partial charge in [0, 0.05) is 14.1 Å². The molecule has 1 N–H and O–H groups in total. The van der Waals surface area contributed by atoms with E-state index in [1.165, 1.54) is 4.90 Å². The molecule has 0 rings (SSSR count). The van der Waals surface area contributed by atoms with Crippen LogP contribution in [0.1, 0.15) is 27.7 Å². The first-order valence-electron chi connectivity index (χ1n) is 4.57. The fourth-order valence-corrected chi connectivity index (χ4v) is 1.29. The number of rotatable bonds is 2. The Morgan fingerprint density at radius 1 is 1.31 bits per heavy atom. The summed E-state index contributed by atoms with van der Waals surface area (Å²) >= 11 is 0. The summed E-state index contributed by atoms with van der Waals surface area (Å²) < 4.78 is 0. The highest BCUT2D eigenvalue weighted by Crippen LogP contribution is 2.25. The van der Waals surface area contributed by atoms with Crippen LogP contribution in [0.15, 0.2) is 0 Å². The van der Waals surface area contributed by atoms with Gasteiger partial charge in [-0.2, -0.15) is 0 Å². The molecule has 3 heteroatoms. The smallest absolute Gasteiger partial charge is 0.227 e. The molecule has 0 saturated carbocycles. The minimum atomic E-state index is -0.595. The van der Waals surface area contributed by atoms with Crippen LogP contribution in [0, 0.1) is 11.3 Å². The maximum Gasteiger partial charge on any atom is 0.227 e. The highest BCUT2D eigenvalue weighted by molar-refractivity contribution is 5.78. The van der Waals surface area contributed by atoms with Gasteiger partial charge in [-0.25, -0.2) is 0 Å². The zero-order valence-electron chi connectivity index (χ0n) is 9.46. The average molecular weight is 187 g/mol. The molecule has 0 aromatic carbocycles. The van der Waals surface area contributed by atoms with Gasteiger partial charge >= 0.3 is 0 Å². The molecule has 0 aliphatic rings. The third-order valence-corrected chi connectivity index (χ3v) is 2.19. The van der Waals surface area contributed by atoms with Crippen molar-refractivity contribution < 1.29 is 9.90 Å². The van der Waals surface area contributed by atoms with Crippen molar-refractivity contribution in [2.75, 3.05) is 14.1 Å². The maximum absolute atomic E-state index is 11.5. The molecule has 0 aromatic heterocycles. The topological polar surface area (TPSA) is 40.5 Å². The Balaban J connectivity index is 4.43. The lowest BCUT2D eigenvalue weighted by atomic mass is 9.81. The van der Waals surface area contributed by atoms with Crippen molar-refractivity contribution in [3.8, 4) is 0 Å². The van der Waals surface area contributed by atoms with Crippen molar-refractivity contribution in [3.05, 3.63) is 0 Å². The van der Waals surface area contributed by atoms with Gasteiger partial charge in [0.15, 0.2) is 0 Å². The Hall–Kier alpha value is -0.570. The average Bonchev–Trinajstić information content (AvgIpc) is 1.98. The SMILES string of the molecule is C[C@H](C(=O)N(C)C)[C@H](O)C(C)(C)C. The number of nitrogens with zero attached hydrogens (tertiary/aromatic N) is 1. The molecule has 13 heavy (non-hydrogen) atoms. The quantitative estimate of drug-likeness (QED) is 0.703. The molecule has 0 radical (unpaired) electrons. The van der Waals surface area contributed by atoms with Gasteiger partial charge in [0.2, 0.25) is 5.91 Å². The number of aliphatic hydroxyl groups is 1. The number of carbonyl (C=O) groups excluding carboxylic acids is 1. The van der Waals surface area contributed by atoms with Crippen molar-refractivity contribution in [2.45, 2.75) is 33.8 Å².